The van der Waals surface area contributed by atoms with Gasteiger partial charge < -0.3 is 10.1 Å². The van der Waals surface area contributed by atoms with E-state index in [1.54, 1.807) is 24.3 Å². The van der Waals surface area contributed by atoms with Crippen molar-refractivity contribution in [2.45, 2.75) is 0 Å². The normalized spacial score (nSPS) is 9.96. The molecule has 0 unspecified atom stereocenters. The van der Waals surface area contributed by atoms with Gasteiger partial charge in [-0.05, 0) is 18.2 Å². The van der Waals surface area contributed by atoms with Gasteiger partial charge >= 0.3 is 5.97 Å². The lowest BCUT2D eigenvalue weighted by molar-refractivity contribution is -0.385. The van der Waals surface area contributed by atoms with Crippen molar-refractivity contribution in [2.24, 2.45) is 0 Å². The summed E-state index contributed by atoms with van der Waals surface area (Å²) in [5.41, 5.74) is -0.229. The molecule has 2 aromatic carbocycles. The van der Waals surface area contributed by atoms with Crippen LogP contribution >= 0.6 is 11.6 Å². The van der Waals surface area contributed by atoms with Crippen LogP contribution in [-0.4, -0.2) is 23.4 Å². The molecule has 1 N–H and O–H groups in total. The third-order valence-corrected chi connectivity index (χ3v) is 3.13. The maximum atomic E-state index is 11.9. The van der Waals surface area contributed by atoms with Crippen LogP contribution in [0.3, 0.4) is 0 Å². The van der Waals surface area contributed by atoms with E-state index in [2.05, 4.69) is 5.32 Å². The van der Waals surface area contributed by atoms with Gasteiger partial charge in [0, 0.05) is 6.07 Å². The molecule has 0 aliphatic rings. The number of nitrogens with one attached hydrogen (secondary N) is 1. The molecule has 0 atom stereocenters. The molecule has 0 radical (unpaired) electrons. The third-order valence-electron chi connectivity index (χ3n) is 2.80. The van der Waals surface area contributed by atoms with Crippen LogP contribution < -0.4 is 5.32 Å². The van der Waals surface area contributed by atoms with Gasteiger partial charge in [-0.25, -0.2) is 4.79 Å². The molecule has 0 fully saturated rings. The largest absolute Gasteiger partial charge is 0.452 e. The summed E-state index contributed by atoms with van der Waals surface area (Å²) in [6, 6.07) is 11.9. The van der Waals surface area contributed by atoms with Crippen molar-refractivity contribution in [1.29, 1.82) is 0 Å². The van der Waals surface area contributed by atoms with Gasteiger partial charge in [-0.15, -0.1) is 0 Å². The maximum absolute atomic E-state index is 11.9. The standard InChI is InChI=1S/C15H11ClN2O5/c16-11-6-2-3-7-12(11)17-14(19)9-23-15(20)10-5-1-4-8-13(10)18(21)22/h1-8H,9H2,(H,17,19). The summed E-state index contributed by atoms with van der Waals surface area (Å²) >= 11 is 5.89. The first kappa shape index (κ1) is 16.4. The van der Waals surface area contributed by atoms with Crippen molar-refractivity contribution in [3.05, 3.63) is 69.2 Å². The maximum Gasteiger partial charge on any atom is 0.345 e. The van der Waals surface area contributed by atoms with E-state index in [9.17, 15) is 19.7 Å². The highest BCUT2D eigenvalue weighted by atomic mass is 35.5. The summed E-state index contributed by atoms with van der Waals surface area (Å²) in [4.78, 5) is 33.8. The van der Waals surface area contributed by atoms with E-state index in [1.165, 1.54) is 24.3 Å². The van der Waals surface area contributed by atoms with Crippen LogP contribution in [0, 0.1) is 10.1 Å². The van der Waals surface area contributed by atoms with Crippen molar-refractivity contribution >= 4 is 34.9 Å². The molecule has 2 aromatic rings. The molecule has 118 valence electrons. The zero-order chi connectivity index (χ0) is 16.8. The number of nitro benzene ring substituents is 1. The third kappa shape index (κ3) is 4.27. The van der Waals surface area contributed by atoms with Crippen molar-refractivity contribution in [1.82, 2.24) is 0 Å². The number of esters is 1. The minimum absolute atomic E-state index is 0.219. The highest BCUT2D eigenvalue weighted by Crippen LogP contribution is 2.21. The SMILES string of the molecule is O=C(COC(=O)c1ccccc1[N+](=O)[O-])Nc1ccccc1Cl. The minimum atomic E-state index is -0.952. The van der Waals surface area contributed by atoms with Gasteiger partial charge in [0.1, 0.15) is 5.56 Å². The molecule has 0 saturated carbocycles. The molecule has 0 saturated heterocycles. The van der Waals surface area contributed by atoms with Gasteiger partial charge in [0.15, 0.2) is 6.61 Å². The van der Waals surface area contributed by atoms with Crippen LogP contribution in [0.5, 0.6) is 0 Å². The Morgan fingerprint density at radius 3 is 2.48 bits per heavy atom. The lowest BCUT2D eigenvalue weighted by atomic mass is 10.2. The van der Waals surface area contributed by atoms with E-state index in [0.717, 1.165) is 0 Å². The molecule has 0 heterocycles. The van der Waals surface area contributed by atoms with Crippen molar-refractivity contribution < 1.29 is 19.2 Å². The fourth-order valence-electron chi connectivity index (χ4n) is 1.76. The Bertz CT molecular complexity index is 763. The number of amides is 1. The van der Waals surface area contributed by atoms with E-state index >= 15 is 0 Å². The van der Waals surface area contributed by atoms with Gasteiger partial charge in [0.05, 0.1) is 15.6 Å². The quantitative estimate of drug-likeness (QED) is 0.514. The second kappa shape index (κ2) is 7.37. The first-order valence-corrected chi connectivity index (χ1v) is 6.82. The number of benzene rings is 2. The second-order valence-electron chi connectivity index (χ2n) is 4.38. The number of hydrogen-bond donors (Lipinski definition) is 1. The number of carbonyl (C=O) groups is 2. The van der Waals surface area contributed by atoms with Crippen LogP contribution in [-0.2, 0) is 9.53 Å². The van der Waals surface area contributed by atoms with Crippen LogP contribution in [0.15, 0.2) is 48.5 Å². The van der Waals surface area contributed by atoms with Crippen LogP contribution in [0.1, 0.15) is 10.4 Å². The van der Waals surface area contributed by atoms with Gasteiger partial charge in [-0.1, -0.05) is 35.9 Å². The monoisotopic (exact) mass is 334 g/mol. The summed E-state index contributed by atoms with van der Waals surface area (Å²) in [7, 11) is 0. The Hall–Kier alpha value is -2.93. The summed E-state index contributed by atoms with van der Waals surface area (Å²) in [5, 5.41) is 13.7. The predicted octanol–water partition coefficient (Wildman–Crippen LogP) is 3.04. The summed E-state index contributed by atoms with van der Waals surface area (Å²) in [5.74, 6) is -1.56. The highest BCUT2D eigenvalue weighted by Gasteiger charge is 2.21. The smallest absolute Gasteiger partial charge is 0.345 e. The fraction of sp³-hybridized carbons (Fsp3) is 0.0667. The molecule has 1 amide bonds. The van der Waals surface area contributed by atoms with E-state index in [0.29, 0.717) is 10.7 Å². The first-order chi connectivity index (χ1) is 11.0. The molecule has 8 heteroatoms. The van der Waals surface area contributed by atoms with Crippen LogP contribution in [0.2, 0.25) is 5.02 Å². The number of anilines is 1. The topological polar surface area (TPSA) is 98.5 Å². The van der Waals surface area contributed by atoms with Crippen molar-refractivity contribution in [2.75, 3.05) is 11.9 Å². The number of nitrogens with zero attached hydrogens (tertiary/aromatic N) is 1. The Kier molecular flexibility index (Phi) is 5.27. The fourth-order valence-corrected chi connectivity index (χ4v) is 1.95. The summed E-state index contributed by atoms with van der Waals surface area (Å²) in [6.45, 7) is -0.587. The number of halogens is 1. The Labute approximate surface area is 136 Å². The minimum Gasteiger partial charge on any atom is -0.452 e. The molecule has 0 aliphatic heterocycles. The number of hydrogen-bond acceptors (Lipinski definition) is 5. The van der Waals surface area contributed by atoms with Gasteiger partial charge in [-0.2, -0.15) is 0 Å². The van der Waals surface area contributed by atoms with Crippen LogP contribution in [0.4, 0.5) is 11.4 Å². The van der Waals surface area contributed by atoms with E-state index in [1.807, 2.05) is 0 Å². The molecular weight excluding hydrogens is 324 g/mol. The molecule has 0 aliphatic carbocycles. The second-order valence-corrected chi connectivity index (χ2v) is 4.79. The number of rotatable bonds is 5. The molecule has 2 rings (SSSR count). The molecule has 7 nitrogen and oxygen atoms in total. The molecular formula is C15H11ClN2O5. The van der Waals surface area contributed by atoms with Crippen LogP contribution in [0.25, 0.3) is 0 Å². The Morgan fingerprint density at radius 1 is 1.13 bits per heavy atom. The Morgan fingerprint density at radius 2 is 1.78 bits per heavy atom. The molecule has 0 bridgehead atoms. The van der Waals surface area contributed by atoms with E-state index in [4.69, 9.17) is 16.3 Å². The van der Waals surface area contributed by atoms with E-state index < -0.39 is 23.4 Å². The first-order valence-electron chi connectivity index (χ1n) is 6.44. The Balaban J connectivity index is 1.98. The zero-order valence-corrected chi connectivity index (χ0v) is 12.4. The lowest BCUT2D eigenvalue weighted by Crippen LogP contribution is -2.21. The molecule has 0 spiro atoms. The lowest BCUT2D eigenvalue weighted by Gasteiger charge is -2.08. The summed E-state index contributed by atoms with van der Waals surface area (Å²) in [6.07, 6.45) is 0. The van der Waals surface area contributed by atoms with Crippen molar-refractivity contribution in [3.63, 3.8) is 0 Å². The number of nitro groups is 1. The summed E-state index contributed by atoms with van der Waals surface area (Å²) < 4.78 is 4.79. The average molecular weight is 335 g/mol. The highest BCUT2D eigenvalue weighted by molar-refractivity contribution is 6.33. The van der Waals surface area contributed by atoms with Gasteiger partial charge in [0.2, 0.25) is 0 Å². The predicted molar refractivity (Wildman–Crippen MR) is 83.5 cm³/mol. The zero-order valence-electron chi connectivity index (χ0n) is 11.7. The number of para-hydroxylation sites is 2. The molecule has 23 heavy (non-hydrogen) atoms. The number of carbonyl (C=O) groups excluding carboxylic acids is 2. The van der Waals surface area contributed by atoms with Crippen molar-refractivity contribution in [3.8, 4) is 0 Å². The van der Waals surface area contributed by atoms with Gasteiger partial charge in [0.25, 0.3) is 11.6 Å². The van der Waals surface area contributed by atoms with Gasteiger partial charge in [-0.3, -0.25) is 14.9 Å². The number of ether oxygens (including phenoxy) is 1. The molecule has 0 aromatic heterocycles. The average Bonchev–Trinajstić information content (AvgIpc) is 2.54. The van der Waals surface area contributed by atoms with E-state index in [-0.39, 0.29) is 11.3 Å².